The van der Waals surface area contributed by atoms with Crippen molar-refractivity contribution in [1.82, 2.24) is 9.88 Å². The van der Waals surface area contributed by atoms with Crippen molar-refractivity contribution in [2.24, 2.45) is 0 Å². The summed E-state index contributed by atoms with van der Waals surface area (Å²) in [6, 6.07) is 12.6. The Kier molecular flexibility index (Phi) is 4.68. The number of aliphatic hydroxyl groups excluding tert-OH is 1. The first-order chi connectivity index (χ1) is 9.70. The molecule has 0 saturated heterocycles. The van der Waals surface area contributed by atoms with Crippen LogP contribution in [0.25, 0.3) is 0 Å². The molecule has 0 unspecified atom stereocenters. The standard InChI is InChI=1S/C15H16N2O3/c1-17(9-10-18)15(19)12-7-8-14(16-11-12)20-13-5-3-2-4-6-13/h2-8,11,18H,9-10H2,1H3. The van der Waals surface area contributed by atoms with Crippen LogP contribution < -0.4 is 4.74 Å². The first-order valence-electron chi connectivity index (χ1n) is 6.26. The van der Waals surface area contributed by atoms with Gasteiger partial charge < -0.3 is 14.7 Å². The Labute approximate surface area is 117 Å². The largest absolute Gasteiger partial charge is 0.439 e. The summed E-state index contributed by atoms with van der Waals surface area (Å²) >= 11 is 0. The van der Waals surface area contributed by atoms with Crippen LogP contribution >= 0.6 is 0 Å². The van der Waals surface area contributed by atoms with Crippen molar-refractivity contribution >= 4 is 5.91 Å². The molecule has 0 radical (unpaired) electrons. The normalized spacial score (nSPS) is 10.1. The molecule has 5 heteroatoms. The maximum atomic E-state index is 11.9. The van der Waals surface area contributed by atoms with Gasteiger partial charge in [-0.1, -0.05) is 18.2 Å². The van der Waals surface area contributed by atoms with E-state index in [0.29, 0.717) is 23.7 Å². The molecule has 1 amide bonds. The lowest BCUT2D eigenvalue weighted by atomic mass is 10.2. The number of aromatic nitrogens is 1. The van der Waals surface area contributed by atoms with Crippen LogP contribution in [-0.2, 0) is 0 Å². The van der Waals surface area contributed by atoms with Crippen molar-refractivity contribution in [2.45, 2.75) is 0 Å². The number of benzene rings is 1. The molecule has 0 atom stereocenters. The van der Waals surface area contributed by atoms with E-state index in [1.54, 1.807) is 19.2 Å². The molecule has 1 aromatic carbocycles. The van der Waals surface area contributed by atoms with Gasteiger partial charge in [0.05, 0.1) is 12.2 Å². The second kappa shape index (κ2) is 6.68. The average molecular weight is 272 g/mol. The number of para-hydroxylation sites is 1. The van der Waals surface area contributed by atoms with E-state index in [1.807, 2.05) is 30.3 Å². The summed E-state index contributed by atoms with van der Waals surface area (Å²) < 4.78 is 5.55. The lowest BCUT2D eigenvalue weighted by Crippen LogP contribution is -2.29. The minimum atomic E-state index is -0.183. The SMILES string of the molecule is CN(CCO)C(=O)c1ccc(Oc2ccccc2)nc1. The van der Waals surface area contributed by atoms with Crippen LogP contribution in [0.2, 0.25) is 0 Å². The molecule has 1 heterocycles. The molecule has 0 aliphatic carbocycles. The molecule has 0 aliphatic rings. The Morgan fingerprint density at radius 3 is 2.60 bits per heavy atom. The first kappa shape index (κ1) is 14.0. The highest BCUT2D eigenvalue weighted by molar-refractivity contribution is 5.93. The van der Waals surface area contributed by atoms with Crippen LogP contribution in [0.3, 0.4) is 0 Å². The number of carbonyl (C=O) groups is 1. The molecule has 1 N–H and O–H groups in total. The number of carbonyl (C=O) groups excluding carboxylic acids is 1. The number of nitrogens with zero attached hydrogens (tertiary/aromatic N) is 2. The Balaban J connectivity index is 2.05. The van der Waals surface area contributed by atoms with Crippen LogP contribution in [0, 0.1) is 0 Å². The fourth-order valence-electron chi connectivity index (χ4n) is 1.65. The van der Waals surface area contributed by atoms with E-state index < -0.39 is 0 Å². The molecule has 0 bridgehead atoms. The minimum Gasteiger partial charge on any atom is -0.439 e. The topological polar surface area (TPSA) is 62.7 Å². The van der Waals surface area contributed by atoms with Gasteiger partial charge in [0.1, 0.15) is 5.75 Å². The van der Waals surface area contributed by atoms with E-state index in [4.69, 9.17) is 9.84 Å². The molecular formula is C15H16N2O3. The van der Waals surface area contributed by atoms with E-state index in [9.17, 15) is 4.79 Å². The number of rotatable bonds is 5. The Morgan fingerprint density at radius 2 is 2.00 bits per heavy atom. The van der Waals surface area contributed by atoms with Gasteiger partial charge in [-0.2, -0.15) is 0 Å². The molecule has 0 fully saturated rings. The summed E-state index contributed by atoms with van der Waals surface area (Å²) in [5.74, 6) is 0.937. The molecule has 2 rings (SSSR count). The molecule has 0 saturated carbocycles. The summed E-state index contributed by atoms with van der Waals surface area (Å²) in [4.78, 5) is 17.5. The maximum Gasteiger partial charge on any atom is 0.255 e. The number of hydrogen-bond donors (Lipinski definition) is 1. The average Bonchev–Trinajstić information content (AvgIpc) is 2.48. The van der Waals surface area contributed by atoms with E-state index in [2.05, 4.69) is 4.98 Å². The quantitative estimate of drug-likeness (QED) is 0.903. The third-order valence-electron chi connectivity index (χ3n) is 2.73. The minimum absolute atomic E-state index is 0.0646. The van der Waals surface area contributed by atoms with E-state index in [1.165, 1.54) is 11.1 Å². The van der Waals surface area contributed by atoms with Gasteiger partial charge in [0.25, 0.3) is 5.91 Å². The summed E-state index contributed by atoms with van der Waals surface area (Å²) in [6.45, 7) is 0.228. The monoisotopic (exact) mass is 272 g/mol. The molecule has 1 aromatic heterocycles. The Morgan fingerprint density at radius 1 is 1.25 bits per heavy atom. The second-order valence-corrected chi connectivity index (χ2v) is 4.25. The van der Waals surface area contributed by atoms with Crippen molar-refractivity contribution in [3.8, 4) is 11.6 Å². The van der Waals surface area contributed by atoms with Crippen molar-refractivity contribution in [2.75, 3.05) is 20.2 Å². The first-order valence-corrected chi connectivity index (χ1v) is 6.26. The zero-order chi connectivity index (χ0) is 14.4. The molecule has 20 heavy (non-hydrogen) atoms. The Hall–Kier alpha value is -2.40. The lowest BCUT2D eigenvalue weighted by molar-refractivity contribution is 0.0766. The number of aliphatic hydroxyl groups is 1. The molecule has 104 valence electrons. The van der Waals surface area contributed by atoms with Gasteiger partial charge >= 0.3 is 0 Å². The Bertz CT molecular complexity index is 555. The highest BCUT2D eigenvalue weighted by Gasteiger charge is 2.11. The maximum absolute atomic E-state index is 11.9. The highest BCUT2D eigenvalue weighted by Crippen LogP contribution is 2.18. The van der Waals surface area contributed by atoms with E-state index in [-0.39, 0.29) is 12.5 Å². The van der Waals surface area contributed by atoms with Crippen LogP contribution in [0.4, 0.5) is 0 Å². The van der Waals surface area contributed by atoms with Gasteiger partial charge in [-0.05, 0) is 18.2 Å². The predicted octanol–water partition coefficient (Wildman–Crippen LogP) is 1.94. The number of amides is 1. The fourth-order valence-corrected chi connectivity index (χ4v) is 1.65. The third-order valence-corrected chi connectivity index (χ3v) is 2.73. The number of hydrogen-bond acceptors (Lipinski definition) is 4. The summed E-state index contributed by atoms with van der Waals surface area (Å²) in [6.07, 6.45) is 1.47. The van der Waals surface area contributed by atoms with Gasteiger partial charge in [0.2, 0.25) is 5.88 Å². The van der Waals surface area contributed by atoms with Gasteiger partial charge in [0, 0.05) is 25.9 Å². The molecule has 0 spiro atoms. The zero-order valence-electron chi connectivity index (χ0n) is 11.2. The summed E-state index contributed by atoms with van der Waals surface area (Å²) in [5, 5.41) is 8.81. The lowest BCUT2D eigenvalue weighted by Gasteiger charge is -2.15. The van der Waals surface area contributed by atoms with Crippen molar-refractivity contribution in [3.05, 3.63) is 54.2 Å². The van der Waals surface area contributed by atoms with Gasteiger partial charge in [-0.15, -0.1) is 0 Å². The van der Waals surface area contributed by atoms with Crippen molar-refractivity contribution in [1.29, 1.82) is 0 Å². The molecular weight excluding hydrogens is 256 g/mol. The number of pyridine rings is 1. The fraction of sp³-hybridized carbons (Fsp3) is 0.200. The molecule has 5 nitrogen and oxygen atoms in total. The van der Waals surface area contributed by atoms with Gasteiger partial charge in [-0.3, -0.25) is 4.79 Å². The van der Waals surface area contributed by atoms with Gasteiger partial charge in [-0.25, -0.2) is 4.98 Å². The smallest absolute Gasteiger partial charge is 0.255 e. The predicted molar refractivity (Wildman–Crippen MR) is 74.8 cm³/mol. The molecule has 2 aromatic rings. The number of likely N-dealkylation sites (N-methyl/N-ethyl adjacent to an activating group) is 1. The van der Waals surface area contributed by atoms with E-state index in [0.717, 1.165) is 0 Å². The van der Waals surface area contributed by atoms with E-state index >= 15 is 0 Å². The van der Waals surface area contributed by atoms with Crippen LogP contribution in [-0.4, -0.2) is 41.1 Å². The van der Waals surface area contributed by atoms with Crippen LogP contribution in [0.1, 0.15) is 10.4 Å². The zero-order valence-corrected chi connectivity index (χ0v) is 11.2. The third kappa shape index (κ3) is 3.55. The molecule has 0 aliphatic heterocycles. The summed E-state index contributed by atoms with van der Waals surface area (Å²) in [7, 11) is 1.63. The van der Waals surface area contributed by atoms with Crippen LogP contribution in [0.5, 0.6) is 11.6 Å². The van der Waals surface area contributed by atoms with Crippen molar-refractivity contribution in [3.63, 3.8) is 0 Å². The number of ether oxygens (including phenoxy) is 1. The summed E-state index contributed by atoms with van der Waals surface area (Å²) in [5.41, 5.74) is 0.460. The van der Waals surface area contributed by atoms with Gasteiger partial charge in [0.15, 0.2) is 0 Å². The highest BCUT2D eigenvalue weighted by atomic mass is 16.5. The van der Waals surface area contributed by atoms with Crippen LogP contribution in [0.15, 0.2) is 48.7 Å². The second-order valence-electron chi connectivity index (χ2n) is 4.25. The van der Waals surface area contributed by atoms with Crippen molar-refractivity contribution < 1.29 is 14.6 Å².